The average Bonchev–Trinajstić information content (AvgIpc) is 3.24. The number of hydrogen-bond donors (Lipinski definition) is 0. The Kier molecular flexibility index (Phi) is 73.4. The number of quaternary nitrogens is 1. The van der Waals surface area contributed by atoms with Gasteiger partial charge in [-0.2, -0.15) is 0 Å². The lowest BCUT2D eigenvalue weighted by Gasteiger charge is -2.26. The number of allylic oxidation sites excluding steroid dienone is 14. The Balaban J connectivity index is 3.96. The molecule has 552 valence electrons. The van der Waals surface area contributed by atoms with Gasteiger partial charge in [0.25, 0.3) is 0 Å². The van der Waals surface area contributed by atoms with Crippen LogP contribution >= 0.6 is 0 Å². The van der Waals surface area contributed by atoms with E-state index in [1.807, 2.05) is 21.1 Å². The summed E-state index contributed by atoms with van der Waals surface area (Å²) in [6.45, 7) is 4.68. The summed E-state index contributed by atoms with van der Waals surface area (Å²) in [6, 6.07) is 0. The Labute approximate surface area is 589 Å². The minimum absolute atomic E-state index is 0.148. The molecule has 9 heteroatoms. The number of nitrogens with zero attached hydrogens (tertiary/aromatic N) is 1. The molecule has 0 aliphatic rings. The van der Waals surface area contributed by atoms with Crippen LogP contribution in [0.1, 0.15) is 386 Å². The van der Waals surface area contributed by atoms with E-state index in [-0.39, 0.29) is 32.2 Å². The monoisotopic (exact) mass is 1330 g/mol. The lowest BCUT2D eigenvalue weighted by molar-refractivity contribution is -0.870. The number of aliphatic carboxylic acids is 1. The van der Waals surface area contributed by atoms with Gasteiger partial charge in [-0.05, 0) is 89.9 Å². The van der Waals surface area contributed by atoms with E-state index in [1.165, 1.54) is 283 Å². The summed E-state index contributed by atoms with van der Waals surface area (Å²) >= 11 is 0. The number of carbonyl (C=O) groups excluding carboxylic acids is 3. The molecule has 0 aromatic rings. The fourth-order valence-corrected chi connectivity index (χ4v) is 12.0. The quantitative estimate of drug-likeness (QED) is 0.0195. The topological polar surface area (TPSA) is 111 Å². The van der Waals surface area contributed by atoms with Crippen LogP contribution in [0.2, 0.25) is 0 Å². The Morgan fingerprint density at radius 1 is 0.326 bits per heavy atom. The van der Waals surface area contributed by atoms with Crippen molar-refractivity contribution in [1.29, 1.82) is 0 Å². The number of rotatable bonds is 76. The van der Waals surface area contributed by atoms with Gasteiger partial charge in [0.2, 0.25) is 0 Å². The van der Waals surface area contributed by atoms with Crippen LogP contribution in [0.3, 0.4) is 0 Å². The van der Waals surface area contributed by atoms with E-state index in [2.05, 4.69) is 98.9 Å². The molecule has 0 heterocycles. The van der Waals surface area contributed by atoms with Gasteiger partial charge >= 0.3 is 11.9 Å². The van der Waals surface area contributed by atoms with E-state index < -0.39 is 24.3 Å². The highest BCUT2D eigenvalue weighted by atomic mass is 16.7. The van der Waals surface area contributed by atoms with Gasteiger partial charge in [0.15, 0.2) is 12.4 Å². The van der Waals surface area contributed by atoms with E-state index >= 15 is 0 Å². The largest absolute Gasteiger partial charge is 0.545 e. The van der Waals surface area contributed by atoms with Crippen LogP contribution in [0.25, 0.3) is 0 Å². The minimum atomic E-state index is -1.62. The molecule has 0 saturated carbocycles. The zero-order valence-electron chi connectivity index (χ0n) is 63.3. The molecule has 95 heavy (non-hydrogen) atoms. The summed E-state index contributed by atoms with van der Waals surface area (Å²) in [5, 5.41) is 11.9. The summed E-state index contributed by atoms with van der Waals surface area (Å²) in [5.74, 6) is -2.26. The van der Waals surface area contributed by atoms with Crippen LogP contribution < -0.4 is 5.11 Å². The summed E-state index contributed by atoms with van der Waals surface area (Å²) in [4.78, 5) is 37.6. The number of carbonyl (C=O) groups is 3. The second-order valence-corrected chi connectivity index (χ2v) is 28.7. The maximum absolute atomic E-state index is 13.0. The highest BCUT2D eigenvalue weighted by Gasteiger charge is 2.22. The molecule has 2 unspecified atom stereocenters. The van der Waals surface area contributed by atoms with Crippen molar-refractivity contribution in [2.24, 2.45) is 0 Å². The SMILES string of the molecule is CC/C=C\C/C=C\C/C=C\C/C=C\C/C=C\CCCCCCCCCCCCCCCCCC(=O)OC(COC(=O)CCCCCCCCCCCCCCCCCCCCCCCCCCCCC/C=C\C/C=C\CCCCCCC)COC(OCC[N+](C)(C)C)C(=O)[O-]. The zero-order valence-corrected chi connectivity index (χ0v) is 63.3. The molecule has 0 fully saturated rings. The van der Waals surface area contributed by atoms with E-state index in [4.69, 9.17) is 18.9 Å². The van der Waals surface area contributed by atoms with Crippen LogP contribution in [0.5, 0.6) is 0 Å². The van der Waals surface area contributed by atoms with Gasteiger partial charge in [0, 0.05) is 12.8 Å². The molecule has 0 N–H and O–H groups in total. The van der Waals surface area contributed by atoms with Gasteiger partial charge in [-0.1, -0.05) is 369 Å². The zero-order chi connectivity index (χ0) is 69.0. The van der Waals surface area contributed by atoms with Gasteiger partial charge in [0.05, 0.1) is 40.3 Å². The number of unbranched alkanes of at least 4 members (excludes halogenated alkanes) is 47. The number of hydrogen-bond acceptors (Lipinski definition) is 8. The van der Waals surface area contributed by atoms with Gasteiger partial charge in [-0.3, -0.25) is 9.59 Å². The van der Waals surface area contributed by atoms with Gasteiger partial charge < -0.3 is 33.3 Å². The average molecular weight is 1330 g/mol. The summed E-state index contributed by atoms with van der Waals surface area (Å²) in [6.07, 6.45) is 101. The number of carboxylic acid groups (broad SMARTS) is 1. The number of ether oxygens (including phenoxy) is 4. The second kappa shape index (κ2) is 76.2. The molecule has 0 aromatic heterocycles. The molecule has 2 atom stereocenters. The molecule has 0 bridgehead atoms. The van der Waals surface area contributed by atoms with E-state index in [9.17, 15) is 19.5 Å². The van der Waals surface area contributed by atoms with Crippen LogP contribution in [0, 0.1) is 0 Å². The highest BCUT2D eigenvalue weighted by Crippen LogP contribution is 2.19. The van der Waals surface area contributed by atoms with Crippen molar-refractivity contribution in [1.82, 2.24) is 0 Å². The van der Waals surface area contributed by atoms with Crippen molar-refractivity contribution in [3.05, 3.63) is 85.1 Å². The Bertz CT molecular complexity index is 1840. The van der Waals surface area contributed by atoms with Crippen molar-refractivity contribution in [2.75, 3.05) is 47.5 Å². The fourth-order valence-electron chi connectivity index (χ4n) is 12.0. The molecule has 9 nitrogen and oxygen atoms in total. The standard InChI is InChI=1S/C86H155NO8/c1-6-8-10-12-14-16-18-20-22-24-26-28-30-32-34-36-38-39-40-41-42-43-44-45-47-48-50-52-54-56-58-60-62-64-66-68-70-72-74-76-83(88)93-80-82(81-94-86(85(90)91)92-79-78-87(3,4)5)95-84(89)77-75-73-71-69-67-65-63-61-59-57-55-53-51-49-46-37-35-33-31-29-27-25-23-21-19-17-15-13-11-9-7-2/h9,11,15,17-18,20-21,23-24,26-27,29,33,35,82,86H,6-8,10,12-14,16,19,22,25,28,30-32,34,36-81H2,1-5H3/b11-9-,17-15-,20-18-,23-21-,26-24-,29-27-,35-33-. The van der Waals surface area contributed by atoms with Crippen LogP contribution in [-0.4, -0.2) is 82.3 Å². The summed E-state index contributed by atoms with van der Waals surface area (Å²) in [5.41, 5.74) is 0. The lowest BCUT2D eigenvalue weighted by atomic mass is 10.0. The minimum Gasteiger partial charge on any atom is -0.545 e. The van der Waals surface area contributed by atoms with Gasteiger partial charge in [-0.15, -0.1) is 0 Å². The Morgan fingerprint density at radius 3 is 0.895 bits per heavy atom. The number of likely N-dealkylation sites (N-methyl/N-ethyl adjacent to an activating group) is 1. The van der Waals surface area contributed by atoms with E-state index in [0.717, 1.165) is 70.6 Å². The summed E-state index contributed by atoms with van der Waals surface area (Å²) < 4.78 is 22.9. The smallest absolute Gasteiger partial charge is 0.306 e. The van der Waals surface area contributed by atoms with Crippen molar-refractivity contribution < 1.29 is 42.9 Å². The Morgan fingerprint density at radius 2 is 0.600 bits per heavy atom. The molecule has 0 spiro atoms. The van der Waals surface area contributed by atoms with Crippen molar-refractivity contribution in [3.8, 4) is 0 Å². The molecular weight excluding hydrogens is 1170 g/mol. The molecule has 0 radical (unpaired) electrons. The third kappa shape index (κ3) is 77.7. The van der Waals surface area contributed by atoms with Crippen molar-refractivity contribution in [2.45, 2.75) is 399 Å². The predicted octanol–water partition coefficient (Wildman–Crippen LogP) is 24.8. The molecule has 0 aliphatic carbocycles. The first kappa shape index (κ1) is 91.5. The van der Waals surface area contributed by atoms with Crippen molar-refractivity contribution >= 4 is 17.9 Å². The molecular formula is C86H155NO8. The van der Waals surface area contributed by atoms with Crippen LogP contribution in [-0.2, 0) is 33.3 Å². The Hall–Kier alpha value is -3.53. The first-order valence-electron chi connectivity index (χ1n) is 40.7. The second-order valence-electron chi connectivity index (χ2n) is 28.7. The van der Waals surface area contributed by atoms with Gasteiger partial charge in [-0.25, -0.2) is 0 Å². The normalized spacial score (nSPS) is 13.1. The van der Waals surface area contributed by atoms with E-state index in [1.54, 1.807) is 0 Å². The third-order valence-electron chi connectivity index (χ3n) is 18.1. The van der Waals surface area contributed by atoms with Crippen LogP contribution in [0.4, 0.5) is 0 Å². The van der Waals surface area contributed by atoms with Gasteiger partial charge in [0.1, 0.15) is 13.2 Å². The molecule has 0 saturated heterocycles. The fraction of sp³-hybridized carbons (Fsp3) is 0.802. The first-order valence-corrected chi connectivity index (χ1v) is 40.7. The molecule has 0 rings (SSSR count). The third-order valence-corrected chi connectivity index (χ3v) is 18.1. The molecule has 0 amide bonds. The molecule has 0 aromatic carbocycles. The first-order chi connectivity index (χ1) is 46.6. The van der Waals surface area contributed by atoms with Crippen LogP contribution in [0.15, 0.2) is 85.1 Å². The predicted molar refractivity (Wildman–Crippen MR) is 408 cm³/mol. The number of esters is 2. The highest BCUT2D eigenvalue weighted by molar-refractivity contribution is 5.70. The summed E-state index contributed by atoms with van der Waals surface area (Å²) in [7, 11) is 5.95. The molecule has 0 aliphatic heterocycles. The maximum atomic E-state index is 13.0. The lowest BCUT2D eigenvalue weighted by Crippen LogP contribution is -2.44. The van der Waals surface area contributed by atoms with Crippen molar-refractivity contribution in [3.63, 3.8) is 0 Å². The number of carboxylic acids is 1. The van der Waals surface area contributed by atoms with E-state index in [0.29, 0.717) is 23.9 Å². The maximum Gasteiger partial charge on any atom is 0.306 e.